The molecule has 0 radical (unpaired) electrons. The summed E-state index contributed by atoms with van der Waals surface area (Å²) in [7, 11) is 0. The number of rotatable bonds is 3. The molecule has 0 saturated heterocycles. The van der Waals surface area contributed by atoms with E-state index in [1.54, 1.807) is 0 Å². The first-order chi connectivity index (χ1) is 11.1. The van der Waals surface area contributed by atoms with Crippen molar-refractivity contribution in [1.29, 1.82) is 0 Å². The number of fused-ring (bicyclic) bond motifs is 3. The normalized spacial score (nSPS) is 11.8. The predicted octanol–water partition coefficient (Wildman–Crippen LogP) is 3.94. The topological polar surface area (TPSA) is 85.1 Å². The maximum atomic E-state index is 12.2. The second-order valence-corrected chi connectivity index (χ2v) is 7.12. The van der Waals surface area contributed by atoms with Crippen molar-refractivity contribution < 1.29 is 9.72 Å². The fraction of sp³-hybridized carbons (Fsp3) is 0.0667. The Morgan fingerprint density at radius 2 is 2.04 bits per heavy atom. The van der Waals surface area contributed by atoms with Crippen LogP contribution in [0.4, 0.5) is 10.1 Å². The van der Waals surface area contributed by atoms with Crippen LogP contribution in [0.5, 0.6) is 0 Å². The molecule has 0 fully saturated rings. The Labute approximate surface area is 138 Å². The number of aromatic nitrogens is 1. The molecule has 8 heteroatoms. The molecule has 1 aliphatic carbocycles. The molecule has 1 aliphatic rings. The second kappa shape index (κ2) is 5.25. The van der Waals surface area contributed by atoms with E-state index in [2.05, 4.69) is 16.4 Å². The minimum Gasteiger partial charge on any atom is -0.297 e. The highest BCUT2D eigenvalue weighted by atomic mass is 32.1. The molecule has 23 heavy (non-hydrogen) atoms. The van der Waals surface area contributed by atoms with Gasteiger partial charge in [-0.15, -0.1) is 11.3 Å². The van der Waals surface area contributed by atoms with Crippen molar-refractivity contribution >= 4 is 38.7 Å². The molecule has 0 unspecified atom stereocenters. The van der Waals surface area contributed by atoms with Crippen LogP contribution in [0.1, 0.15) is 20.1 Å². The van der Waals surface area contributed by atoms with E-state index in [1.807, 2.05) is 18.2 Å². The number of nitrogens with zero attached hydrogens (tertiary/aromatic N) is 2. The lowest BCUT2D eigenvalue weighted by atomic mass is 10.1. The minimum atomic E-state index is -0.504. The van der Waals surface area contributed by atoms with Gasteiger partial charge in [-0.25, -0.2) is 4.98 Å². The summed E-state index contributed by atoms with van der Waals surface area (Å²) in [6, 6.07) is 10.9. The Hall–Kier alpha value is -2.58. The number of nitrogens with one attached hydrogen (secondary N) is 1. The number of hydrogen-bond donors (Lipinski definition) is 1. The minimum absolute atomic E-state index is 0.0503. The monoisotopic (exact) mass is 343 g/mol. The van der Waals surface area contributed by atoms with Crippen molar-refractivity contribution in [3.63, 3.8) is 0 Å². The molecule has 1 aromatic carbocycles. The van der Waals surface area contributed by atoms with E-state index in [9.17, 15) is 14.9 Å². The fourth-order valence-corrected chi connectivity index (χ4v) is 4.23. The molecule has 0 atom stereocenters. The lowest BCUT2D eigenvalue weighted by Gasteiger charge is -2.00. The summed E-state index contributed by atoms with van der Waals surface area (Å²) in [4.78, 5) is 28.3. The van der Waals surface area contributed by atoms with Gasteiger partial charge in [-0.05, 0) is 11.6 Å². The maximum Gasteiger partial charge on any atom is 0.324 e. The molecule has 0 spiro atoms. The van der Waals surface area contributed by atoms with Crippen molar-refractivity contribution in [2.24, 2.45) is 0 Å². The SMILES string of the molecule is O=C(Nc1nc2c(s1)Cc1ccccc1-2)c1ccc([N+](=O)[O-])s1. The molecule has 0 bridgehead atoms. The zero-order chi connectivity index (χ0) is 16.0. The van der Waals surface area contributed by atoms with Crippen LogP contribution >= 0.6 is 22.7 Å². The predicted molar refractivity (Wildman–Crippen MR) is 89.3 cm³/mol. The Kier molecular flexibility index (Phi) is 3.21. The van der Waals surface area contributed by atoms with Crippen LogP contribution in [-0.4, -0.2) is 15.8 Å². The molecule has 2 aromatic heterocycles. The van der Waals surface area contributed by atoms with Crippen molar-refractivity contribution in [1.82, 2.24) is 4.98 Å². The maximum absolute atomic E-state index is 12.2. The van der Waals surface area contributed by atoms with E-state index in [4.69, 9.17) is 0 Å². The molecule has 1 amide bonds. The Morgan fingerprint density at radius 1 is 1.22 bits per heavy atom. The van der Waals surface area contributed by atoms with Crippen molar-refractivity contribution in [3.8, 4) is 11.3 Å². The van der Waals surface area contributed by atoms with Crippen LogP contribution in [0.3, 0.4) is 0 Å². The van der Waals surface area contributed by atoms with Gasteiger partial charge in [0.2, 0.25) is 0 Å². The summed E-state index contributed by atoms with van der Waals surface area (Å²) in [5.41, 5.74) is 3.26. The van der Waals surface area contributed by atoms with Crippen LogP contribution in [0.15, 0.2) is 36.4 Å². The largest absolute Gasteiger partial charge is 0.324 e. The molecule has 0 aliphatic heterocycles. The highest BCUT2D eigenvalue weighted by Crippen LogP contribution is 2.41. The van der Waals surface area contributed by atoms with Gasteiger partial charge >= 0.3 is 5.00 Å². The third-order valence-electron chi connectivity index (χ3n) is 3.54. The average Bonchev–Trinajstić information content (AvgIpc) is 3.20. The molecular formula is C15H9N3O3S2. The van der Waals surface area contributed by atoms with Gasteiger partial charge in [-0.2, -0.15) is 0 Å². The van der Waals surface area contributed by atoms with E-state index >= 15 is 0 Å². The number of benzene rings is 1. The van der Waals surface area contributed by atoms with Gasteiger partial charge in [0.1, 0.15) is 0 Å². The summed E-state index contributed by atoms with van der Waals surface area (Å²) in [6.45, 7) is 0. The number of carbonyl (C=O) groups excluding carboxylic acids is 1. The zero-order valence-electron chi connectivity index (χ0n) is 11.6. The van der Waals surface area contributed by atoms with Crippen LogP contribution in [0.25, 0.3) is 11.3 Å². The van der Waals surface area contributed by atoms with Gasteiger partial charge in [-0.3, -0.25) is 20.2 Å². The Balaban J connectivity index is 1.57. The van der Waals surface area contributed by atoms with E-state index in [1.165, 1.54) is 29.0 Å². The Bertz CT molecular complexity index is 945. The number of amides is 1. The van der Waals surface area contributed by atoms with E-state index < -0.39 is 4.92 Å². The van der Waals surface area contributed by atoms with Gasteiger partial charge in [0.05, 0.1) is 15.5 Å². The number of hydrogen-bond acceptors (Lipinski definition) is 6. The van der Waals surface area contributed by atoms with Crippen LogP contribution in [0, 0.1) is 10.1 Å². The molecule has 3 aromatic rings. The second-order valence-electron chi connectivity index (χ2n) is 4.97. The lowest BCUT2D eigenvalue weighted by Crippen LogP contribution is -2.09. The quantitative estimate of drug-likeness (QED) is 0.451. The summed E-state index contributed by atoms with van der Waals surface area (Å²) < 4.78 is 0. The number of anilines is 1. The van der Waals surface area contributed by atoms with Crippen LogP contribution in [0.2, 0.25) is 0 Å². The average molecular weight is 343 g/mol. The molecule has 2 heterocycles. The van der Waals surface area contributed by atoms with Crippen molar-refractivity contribution in [2.45, 2.75) is 6.42 Å². The number of carbonyl (C=O) groups is 1. The summed E-state index contributed by atoms with van der Waals surface area (Å²) in [5, 5.41) is 13.9. The number of nitro groups is 1. The molecule has 114 valence electrons. The molecule has 4 rings (SSSR count). The molecule has 6 nitrogen and oxygen atoms in total. The Morgan fingerprint density at radius 3 is 2.83 bits per heavy atom. The fourth-order valence-electron chi connectivity index (χ4n) is 2.52. The van der Waals surface area contributed by atoms with Gasteiger partial charge in [0, 0.05) is 22.9 Å². The molecule has 1 N–H and O–H groups in total. The van der Waals surface area contributed by atoms with Gasteiger partial charge < -0.3 is 0 Å². The lowest BCUT2D eigenvalue weighted by molar-refractivity contribution is -0.380. The smallest absolute Gasteiger partial charge is 0.297 e. The third kappa shape index (κ3) is 2.41. The van der Waals surface area contributed by atoms with Crippen molar-refractivity contribution in [2.75, 3.05) is 5.32 Å². The van der Waals surface area contributed by atoms with Crippen LogP contribution in [-0.2, 0) is 6.42 Å². The standard InChI is InChI=1S/C15H9N3O3S2/c19-14(10-5-6-12(22-10)18(20)21)17-15-16-13-9-4-2-1-3-8(9)7-11(13)23-15/h1-6H,7H2,(H,16,17,19). The molecular weight excluding hydrogens is 334 g/mol. The molecule has 0 saturated carbocycles. The number of thiophene rings is 1. The van der Waals surface area contributed by atoms with Gasteiger partial charge in [-0.1, -0.05) is 35.6 Å². The highest BCUT2D eigenvalue weighted by molar-refractivity contribution is 7.18. The van der Waals surface area contributed by atoms with E-state index in [-0.39, 0.29) is 10.9 Å². The zero-order valence-corrected chi connectivity index (χ0v) is 13.2. The summed E-state index contributed by atoms with van der Waals surface area (Å²) in [5.74, 6) is -0.371. The summed E-state index contributed by atoms with van der Waals surface area (Å²) in [6.07, 6.45) is 0.823. The first-order valence-corrected chi connectivity index (χ1v) is 8.38. The van der Waals surface area contributed by atoms with E-state index in [0.717, 1.165) is 33.9 Å². The van der Waals surface area contributed by atoms with Crippen LogP contribution < -0.4 is 5.32 Å². The third-order valence-corrected chi connectivity index (χ3v) is 5.54. The highest BCUT2D eigenvalue weighted by Gasteiger charge is 2.24. The summed E-state index contributed by atoms with van der Waals surface area (Å²) >= 11 is 2.30. The van der Waals surface area contributed by atoms with E-state index in [0.29, 0.717) is 10.0 Å². The van der Waals surface area contributed by atoms with Gasteiger partial charge in [0.15, 0.2) is 5.13 Å². The van der Waals surface area contributed by atoms with Gasteiger partial charge in [0.25, 0.3) is 5.91 Å². The van der Waals surface area contributed by atoms with Crippen molar-refractivity contribution in [3.05, 3.63) is 61.8 Å². The first kappa shape index (κ1) is 14.0. The number of thiazole rings is 1. The first-order valence-electron chi connectivity index (χ1n) is 6.75.